The average molecular weight is 244 g/mol. The van der Waals surface area contributed by atoms with Gasteiger partial charge in [0, 0.05) is 30.6 Å². The number of anilines is 1. The van der Waals surface area contributed by atoms with Crippen LogP contribution in [0.2, 0.25) is 5.15 Å². The highest BCUT2D eigenvalue weighted by atomic mass is 35.5. The second kappa shape index (κ2) is 3.92. The van der Waals surface area contributed by atoms with E-state index in [0.717, 1.165) is 24.3 Å². The summed E-state index contributed by atoms with van der Waals surface area (Å²) in [6.45, 7) is 2.19. The maximum Gasteiger partial charge on any atom is 0.186 e. The number of nitrogens with one attached hydrogen (secondary N) is 1. The van der Waals surface area contributed by atoms with Gasteiger partial charge in [0.05, 0.1) is 0 Å². The second-order valence-electron chi connectivity index (χ2n) is 4.33. The minimum atomic E-state index is 0.623. The smallest absolute Gasteiger partial charge is 0.186 e. The molecule has 1 N–H and O–H groups in total. The van der Waals surface area contributed by atoms with Gasteiger partial charge in [-0.2, -0.15) is 0 Å². The summed E-state index contributed by atoms with van der Waals surface area (Å²) < 4.78 is 0. The maximum absolute atomic E-state index is 5.86. The van der Waals surface area contributed by atoms with Gasteiger partial charge in [-0.05, 0) is 19.3 Å². The molecule has 15 heavy (non-hydrogen) atoms. The van der Waals surface area contributed by atoms with Gasteiger partial charge in [0.25, 0.3) is 0 Å². The van der Waals surface area contributed by atoms with Gasteiger partial charge < -0.3 is 10.2 Å². The fraction of sp³-hybridized carbons (Fsp3) is 0.700. The fourth-order valence-corrected chi connectivity index (χ4v) is 3.49. The highest BCUT2D eigenvalue weighted by molar-refractivity contribution is 7.14. The SMILES string of the molecule is Clc1csc(N2CCC3CCC(C2)N3)n1. The second-order valence-corrected chi connectivity index (χ2v) is 5.55. The van der Waals surface area contributed by atoms with Crippen LogP contribution in [0.5, 0.6) is 0 Å². The van der Waals surface area contributed by atoms with Crippen molar-refractivity contribution in [2.45, 2.75) is 31.3 Å². The van der Waals surface area contributed by atoms with Crippen LogP contribution in [0, 0.1) is 0 Å². The van der Waals surface area contributed by atoms with E-state index < -0.39 is 0 Å². The van der Waals surface area contributed by atoms with E-state index in [2.05, 4.69) is 15.2 Å². The highest BCUT2D eigenvalue weighted by Gasteiger charge is 2.30. The number of hydrogen-bond acceptors (Lipinski definition) is 4. The lowest BCUT2D eigenvalue weighted by Gasteiger charge is -2.23. The van der Waals surface area contributed by atoms with Gasteiger partial charge in [-0.3, -0.25) is 0 Å². The third-order valence-electron chi connectivity index (χ3n) is 3.26. The topological polar surface area (TPSA) is 28.2 Å². The molecule has 5 heteroatoms. The van der Waals surface area contributed by atoms with Gasteiger partial charge >= 0.3 is 0 Å². The summed E-state index contributed by atoms with van der Waals surface area (Å²) in [6.07, 6.45) is 3.88. The first-order valence-corrected chi connectivity index (χ1v) is 6.69. The number of thiazole rings is 1. The third-order valence-corrected chi connectivity index (χ3v) is 4.48. The number of halogens is 1. The molecule has 0 spiro atoms. The lowest BCUT2D eigenvalue weighted by molar-refractivity contribution is 0.563. The van der Waals surface area contributed by atoms with Gasteiger partial charge in [-0.1, -0.05) is 11.6 Å². The van der Waals surface area contributed by atoms with Crippen LogP contribution in [0.15, 0.2) is 5.38 Å². The highest BCUT2D eigenvalue weighted by Crippen LogP contribution is 2.28. The molecule has 0 aliphatic carbocycles. The molecular weight excluding hydrogens is 230 g/mol. The first-order valence-electron chi connectivity index (χ1n) is 5.43. The van der Waals surface area contributed by atoms with Crippen LogP contribution < -0.4 is 10.2 Å². The molecule has 82 valence electrons. The summed E-state index contributed by atoms with van der Waals surface area (Å²) in [5, 5.41) is 7.27. The van der Waals surface area contributed by atoms with E-state index in [1.54, 1.807) is 11.3 Å². The molecule has 1 aromatic rings. The molecule has 2 aliphatic rings. The molecule has 2 bridgehead atoms. The molecule has 2 saturated heterocycles. The number of hydrogen-bond donors (Lipinski definition) is 1. The normalized spacial score (nSPS) is 30.6. The van der Waals surface area contributed by atoms with Crippen LogP contribution >= 0.6 is 22.9 Å². The van der Waals surface area contributed by atoms with Crippen LogP contribution in [0.4, 0.5) is 5.13 Å². The van der Waals surface area contributed by atoms with E-state index in [9.17, 15) is 0 Å². The summed E-state index contributed by atoms with van der Waals surface area (Å²) in [6, 6.07) is 1.38. The molecule has 3 nitrogen and oxygen atoms in total. The van der Waals surface area contributed by atoms with Crippen LogP contribution in [0.3, 0.4) is 0 Å². The van der Waals surface area contributed by atoms with E-state index in [1.165, 1.54) is 19.3 Å². The van der Waals surface area contributed by atoms with Crippen molar-refractivity contribution in [2.24, 2.45) is 0 Å². The Bertz CT molecular complexity index is 354. The Morgan fingerprint density at radius 2 is 2.27 bits per heavy atom. The molecule has 2 aliphatic heterocycles. The Kier molecular flexibility index (Phi) is 2.58. The number of aromatic nitrogens is 1. The van der Waals surface area contributed by atoms with Gasteiger partial charge in [0.2, 0.25) is 0 Å². The molecule has 2 fully saturated rings. The Hall–Kier alpha value is -0.320. The third kappa shape index (κ3) is 1.98. The van der Waals surface area contributed by atoms with Crippen LogP contribution in [0.25, 0.3) is 0 Å². The standard InChI is InChI=1S/C10H14ClN3S/c11-9-6-15-10(13-9)14-4-3-7-1-2-8(5-14)12-7/h6-8,12H,1-5H2. The van der Waals surface area contributed by atoms with E-state index in [1.807, 2.05) is 5.38 Å². The van der Waals surface area contributed by atoms with Crippen molar-refractivity contribution in [3.05, 3.63) is 10.5 Å². The van der Waals surface area contributed by atoms with E-state index in [-0.39, 0.29) is 0 Å². The van der Waals surface area contributed by atoms with Crippen LogP contribution in [-0.4, -0.2) is 30.2 Å². The lowest BCUT2D eigenvalue weighted by Crippen LogP contribution is -2.35. The number of rotatable bonds is 1. The molecule has 2 unspecified atom stereocenters. The zero-order chi connectivity index (χ0) is 10.3. The number of fused-ring (bicyclic) bond motifs is 2. The van der Waals surface area contributed by atoms with Gasteiger partial charge in [0.1, 0.15) is 5.15 Å². The molecule has 1 aromatic heterocycles. The van der Waals surface area contributed by atoms with Crippen molar-refractivity contribution >= 4 is 28.1 Å². The minimum absolute atomic E-state index is 0.623. The molecular formula is C10H14ClN3S. The van der Waals surface area contributed by atoms with Gasteiger partial charge in [-0.15, -0.1) is 11.3 Å². The Morgan fingerprint density at radius 1 is 1.40 bits per heavy atom. The molecule has 0 saturated carbocycles. The summed E-state index contributed by atoms with van der Waals surface area (Å²) in [4.78, 5) is 6.71. The molecule has 2 atom stereocenters. The van der Waals surface area contributed by atoms with Crippen molar-refractivity contribution in [3.8, 4) is 0 Å². The van der Waals surface area contributed by atoms with Gasteiger partial charge in [-0.25, -0.2) is 4.98 Å². The van der Waals surface area contributed by atoms with Gasteiger partial charge in [0.15, 0.2) is 5.13 Å². The molecule has 0 amide bonds. The summed E-state index contributed by atoms with van der Waals surface area (Å²) >= 11 is 7.50. The van der Waals surface area contributed by atoms with E-state index >= 15 is 0 Å². The van der Waals surface area contributed by atoms with Crippen LogP contribution in [0.1, 0.15) is 19.3 Å². The Labute approximate surface area is 98.4 Å². The van der Waals surface area contributed by atoms with Crippen molar-refractivity contribution in [2.75, 3.05) is 18.0 Å². The van der Waals surface area contributed by atoms with Crippen molar-refractivity contribution in [3.63, 3.8) is 0 Å². The first-order chi connectivity index (χ1) is 7.31. The summed E-state index contributed by atoms with van der Waals surface area (Å²) in [7, 11) is 0. The molecule has 3 heterocycles. The largest absolute Gasteiger partial charge is 0.346 e. The fourth-order valence-electron chi connectivity index (χ4n) is 2.51. The monoisotopic (exact) mass is 243 g/mol. The van der Waals surface area contributed by atoms with Crippen molar-refractivity contribution in [1.29, 1.82) is 0 Å². The zero-order valence-corrected chi connectivity index (χ0v) is 10.0. The first kappa shape index (κ1) is 9.87. The Morgan fingerprint density at radius 3 is 3.07 bits per heavy atom. The average Bonchev–Trinajstić information content (AvgIpc) is 2.74. The number of nitrogens with zero attached hydrogens (tertiary/aromatic N) is 2. The predicted molar refractivity (Wildman–Crippen MR) is 63.9 cm³/mol. The van der Waals surface area contributed by atoms with Crippen molar-refractivity contribution < 1.29 is 0 Å². The van der Waals surface area contributed by atoms with E-state index in [0.29, 0.717) is 11.2 Å². The van der Waals surface area contributed by atoms with Crippen molar-refractivity contribution in [1.82, 2.24) is 10.3 Å². The minimum Gasteiger partial charge on any atom is -0.346 e. The molecule has 0 radical (unpaired) electrons. The quantitative estimate of drug-likeness (QED) is 0.819. The van der Waals surface area contributed by atoms with E-state index in [4.69, 9.17) is 11.6 Å². The van der Waals surface area contributed by atoms with Crippen LogP contribution in [-0.2, 0) is 0 Å². The zero-order valence-electron chi connectivity index (χ0n) is 8.45. The molecule has 3 rings (SSSR count). The summed E-state index contributed by atoms with van der Waals surface area (Å²) in [5.74, 6) is 0. The predicted octanol–water partition coefficient (Wildman–Crippen LogP) is 2.13. The maximum atomic E-state index is 5.86. The summed E-state index contributed by atoms with van der Waals surface area (Å²) in [5.41, 5.74) is 0. The molecule has 0 aromatic carbocycles. The Balaban J connectivity index is 1.77. The lowest BCUT2D eigenvalue weighted by atomic mass is 10.1.